The maximum Gasteiger partial charge on any atom is 0.337 e. The molecule has 142 valence electrons. The Morgan fingerprint density at radius 2 is 1.96 bits per heavy atom. The third-order valence-corrected chi connectivity index (χ3v) is 3.51. The topological polar surface area (TPSA) is 116 Å². The number of carbonyl (C=O) groups is 2. The summed E-state index contributed by atoms with van der Waals surface area (Å²) >= 11 is 0. The third-order valence-electron chi connectivity index (χ3n) is 3.51. The molecule has 1 aliphatic heterocycles. The second-order valence-electron chi connectivity index (χ2n) is 5.09. The molecule has 1 amide bonds. The third kappa shape index (κ3) is 4.35. The molecular weight excluding hydrogens is 350 g/mol. The molecule has 1 aliphatic rings. The molecule has 3 rings (SSSR count). The van der Waals surface area contributed by atoms with Crippen LogP contribution in [0.2, 0.25) is 0 Å². The fraction of sp³-hybridized carbons (Fsp3) is 0.211. The zero-order chi connectivity index (χ0) is 20.0. The van der Waals surface area contributed by atoms with Crippen molar-refractivity contribution in [3.8, 4) is 17.1 Å². The summed E-state index contributed by atoms with van der Waals surface area (Å²) in [6.07, 6.45) is 1.47. The number of hydrogen-bond acceptors (Lipinski definition) is 7. The molecular formula is C19H21N3O5. The van der Waals surface area contributed by atoms with Gasteiger partial charge in [-0.1, -0.05) is 13.8 Å². The number of nitrogens with two attached hydrogens (primary N) is 1. The quantitative estimate of drug-likeness (QED) is 0.630. The molecule has 3 N–H and O–H groups in total. The predicted molar refractivity (Wildman–Crippen MR) is 101 cm³/mol. The van der Waals surface area contributed by atoms with E-state index in [1.807, 2.05) is 13.8 Å². The number of furan rings is 1. The molecule has 0 fully saturated rings. The normalized spacial score (nSPS) is 14.1. The first-order valence-corrected chi connectivity index (χ1v) is 8.25. The molecule has 0 bridgehead atoms. The zero-order valence-electron chi connectivity index (χ0n) is 15.5. The number of aliphatic imine (C=N–C) groups is 1. The Kier molecular flexibility index (Phi) is 6.37. The minimum absolute atomic E-state index is 0.0375. The highest BCUT2D eigenvalue weighted by Crippen LogP contribution is 2.33. The van der Waals surface area contributed by atoms with Crippen LogP contribution in [0.1, 0.15) is 30.0 Å². The maximum atomic E-state index is 11.7. The molecule has 2 heterocycles. The smallest absolute Gasteiger partial charge is 0.337 e. The van der Waals surface area contributed by atoms with Crippen molar-refractivity contribution in [2.24, 2.45) is 10.7 Å². The number of nitrogens with one attached hydrogen (secondary N) is 1. The molecule has 0 unspecified atom stereocenters. The van der Waals surface area contributed by atoms with Gasteiger partial charge in [-0.3, -0.25) is 10.1 Å². The molecule has 0 atom stereocenters. The van der Waals surface area contributed by atoms with Gasteiger partial charge in [0.25, 0.3) is 5.91 Å². The Morgan fingerprint density at radius 1 is 1.22 bits per heavy atom. The molecule has 0 saturated heterocycles. The average Bonchev–Trinajstić information content (AvgIpc) is 3.28. The van der Waals surface area contributed by atoms with E-state index in [0.717, 1.165) is 0 Å². The monoisotopic (exact) mass is 371 g/mol. The van der Waals surface area contributed by atoms with E-state index in [9.17, 15) is 9.59 Å². The van der Waals surface area contributed by atoms with Gasteiger partial charge in [-0.2, -0.15) is 0 Å². The van der Waals surface area contributed by atoms with Crippen molar-refractivity contribution in [1.29, 1.82) is 0 Å². The molecule has 8 heteroatoms. The van der Waals surface area contributed by atoms with Crippen LogP contribution in [-0.4, -0.2) is 32.1 Å². The second kappa shape index (κ2) is 8.70. The van der Waals surface area contributed by atoms with Crippen molar-refractivity contribution in [2.75, 3.05) is 14.2 Å². The lowest BCUT2D eigenvalue weighted by Gasteiger charge is -2.08. The largest absolute Gasteiger partial charge is 0.496 e. The van der Waals surface area contributed by atoms with Gasteiger partial charge in [0.2, 0.25) is 5.96 Å². The van der Waals surface area contributed by atoms with Crippen molar-refractivity contribution in [1.82, 2.24) is 5.32 Å². The number of methoxy groups -OCH3 is 2. The summed E-state index contributed by atoms with van der Waals surface area (Å²) < 4.78 is 15.8. The summed E-state index contributed by atoms with van der Waals surface area (Å²) in [5.41, 5.74) is 6.54. The Bertz CT molecular complexity index is 912. The van der Waals surface area contributed by atoms with E-state index in [1.165, 1.54) is 20.3 Å². The van der Waals surface area contributed by atoms with Crippen LogP contribution in [0.4, 0.5) is 0 Å². The Morgan fingerprint density at radius 3 is 2.56 bits per heavy atom. The van der Waals surface area contributed by atoms with E-state index < -0.39 is 11.9 Å². The highest BCUT2D eigenvalue weighted by atomic mass is 16.5. The van der Waals surface area contributed by atoms with Gasteiger partial charge in [-0.05, 0) is 30.3 Å². The summed E-state index contributed by atoms with van der Waals surface area (Å²) in [6.45, 7) is 4.00. The van der Waals surface area contributed by atoms with Gasteiger partial charge in [-0.15, -0.1) is 0 Å². The van der Waals surface area contributed by atoms with Crippen LogP contribution in [0.5, 0.6) is 5.75 Å². The lowest BCUT2D eigenvalue weighted by atomic mass is 10.1. The molecule has 1 aromatic heterocycles. The lowest BCUT2D eigenvalue weighted by molar-refractivity contribution is -0.115. The van der Waals surface area contributed by atoms with Crippen LogP contribution < -0.4 is 15.8 Å². The SMILES string of the molecule is CC.COC(=O)c1ccc(OC)c(-c2ccc(/C=C3/N=C(N)NC3=O)o2)c1. The van der Waals surface area contributed by atoms with Gasteiger partial charge < -0.3 is 19.6 Å². The number of nitrogens with zero attached hydrogens (tertiary/aromatic N) is 1. The van der Waals surface area contributed by atoms with Crippen molar-refractivity contribution in [3.63, 3.8) is 0 Å². The highest BCUT2D eigenvalue weighted by molar-refractivity contribution is 6.13. The number of carbonyl (C=O) groups excluding carboxylic acids is 2. The highest BCUT2D eigenvalue weighted by Gasteiger charge is 2.19. The van der Waals surface area contributed by atoms with Gasteiger partial charge in [-0.25, -0.2) is 9.79 Å². The first-order valence-electron chi connectivity index (χ1n) is 8.25. The first-order chi connectivity index (χ1) is 13.0. The molecule has 8 nitrogen and oxygen atoms in total. The van der Waals surface area contributed by atoms with E-state index in [-0.39, 0.29) is 11.7 Å². The summed E-state index contributed by atoms with van der Waals surface area (Å²) in [5, 5.41) is 2.38. The molecule has 0 aliphatic carbocycles. The Hall–Kier alpha value is -3.55. The van der Waals surface area contributed by atoms with E-state index in [2.05, 4.69) is 10.3 Å². The van der Waals surface area contributed by atoms with E-state index in [4.69, 9.17) is 19.6 Å². The second-order valence-corrected chi connectivity index (χ2v) is 5.09. The molecule has 27 heavy (non-hydrogen) atoms. The number of rotatable bonds is 4. The number of amides is 1. The fourth-order valence-corrected chi connectivity index (χ4v) is 2.34. The number of esters is 1. The van der Waals surface area contributed by atoms with Gasteiger partial charge in [0, 0.05) is 6.08 Å². The number of benzene rings is 1. The predicted octanol–water partition coefficient (Wildman–Crippen LogP) is 2.55. The maximum absolute atomic E-state index is 11.7. The Balaban J connectivity index is 0.00000126. The number of ether oxygens (including phenoxy) is 2. The molecule has 0 radical (unpaired) electrons. The molecule has 1 aromatic carbocycles. The molecule has 0 spiro atoms. The minimum Gasteiger partial charge on any atom is -0.496 e. The van der Waals surface area contributed by atoms with Crippen LogP contribution in [0.3, 0.4) is 0 Å². The summed E-state index contributed by atoms with van der Waals surface area (Å²) in [7, 11) is 2.82. The van der Waals surface area contributed by atoms with Crippen molar-refractivity contribution in [2.45, 2.75) is 13.8 Å². The van der Waals surface area contributed by atoms with Crippen molar-refractivity contribution in [3.05, 3.63) is 47.4 Å². The average molecular weight is 371 g/mol. The van der Waals surface area contributed by atoms with Gasteiger partial charge in [0.1, 0.15) is 23.0 Å². The van der Waals surface area contributed by atoms with Crippen molar-refractivity contribution < 1.29 is 23.5 Å². The zero-order valence-corrected chi connectivity index (χ0v) is 15.5. The fourth-order valence-electron chi connectivity index (χ4n) is 2.34. The first kappa shape index (κ1) is 19.8. The number of hydrogen-bond donors (Lipinski definition) is 2. The van der Waals surface area contributed by atoms with Crippen LogP contribution in [0.15, 0.2) is 45.4 Å². The summed E-state index contributed by atoms with van der Waals surface area (Å²) in [4.78, 5) is 27.2. The molecule has 2 aromatic rings. The van der Waals surface area contributed by atoms with Gasteiger partial charge >= 0.3 is 5.97 Å². The van der Waals surface area contributed by atoms with E-state index in [1.54, 1.807) is 30.3 Å². The molecule has 0 saturated carbocycles. The lowest BCUT2D eigenvalue weighted by Crippen LogP contribution is -2.30. The van der Waals surface area contributed by atoms with E-state index >= 15 is 0 Å². The van der Waals surface area contributed by atoms with E-state index in [0.29, 0.717) is 28.4 Å². The van der Waals surface area contributed by atoms with Crippen LogP contribution >= 0.6 is 0 Å². The Labute approximate surface area is 156 Å². The van der Waals surface area contributed by atoms with Crippen LogP contribution in [-0.2, 0) is 9.53 Å². The summed E-state index contributed by atoms with van der Waals surface area (Å²) in [6, 6.07) is 8.23. The van der Waals surface area contributed by atoms with Gasteiger partial charge in [0.15, 0.2) is 0 Å². The summed E-state index contributed by atoms with van der Waals surface area (Å²) in [5.74, 6) is 0.567. The van der Waals surface area contributed by atoms with Crippen LogP contribution in [0.25, 0.3) is 17.4 Å². The number of guanidine groups is 1. The minimum atomic E-state index is -0.467. The van der Waals surface area contributed by atoms with Crippen LogP contribution in [0, 0.1) is 0 Å². The van der Waals surface area contributed by atoms with Gasteiger partial charge in [0.05, 0.1) is 25.3 Å². The van der Waals surface area contributed by atoms with Crippen molar-refractivity contribution >= 4 is 23.9 Å². The standard InChI is InChI=1S/C17H15N3O5.C2H6/c1-23-13-5-3-9(16(22)24-2)7-11(13)14-6-4-10(25-14)8-12-15(21)20-17(18)19-12;1-2/h3-8H,1-2H3,(H3,18,19,20,21);1-2H3/b12-8+;.